The fraction of sp³-hybridized carbons (Fsp3) is 0.526. The highest BCUT2D eigenvalue weighted by Crippen LogP contribution is 2.22. The van der Waals surface area contributed by atoms with E-state index in [4.69, 9.17) is 15.5 Å². The van der Waals surface area contributed by atoms with Crippen LogP contribution in [0.5, 0.6) is 0 Å². The van der Waals surface area contributed by atoms with Gasteiger partial charge in [0.1, 0.15) is 11.1 Å². The van der Waals surface area contributed by atoms with Crippen molar-refractivity contribution in [2.75, 3.05) is 38.5 Å². The number of piperazine rings is 1. The van der Waals surface area contributed by atoms with Crippen LogP contribution in [0.4, 0.5) is 5.69 Å². The van der Waals surface area contributed by atoms with Crippen LogP contribution in [0.2, 0.25) is 0 Å². The van der Waals surface area contributed by atoms with E-state index in [-0.39, 0.29) is 43.3 Å². The quantitative estimate of drug-likeness (QED) is 0.609. The minimum atomic E-state index is 0. The Bertz CT molecular complexity index is 681. The molecule has 0 amide bonds. The zero-order chi connectivity index (χ0) is 17.6. The van der Waals surface area contributed by atoms with Crippen molar-refractivity contribution in [2.24, 2.45) is 0 Å². The lowest BCUT2D eigenvalue weighted by Gasteiger charge is -2.34. The van der Waals surface area contributed by atoms with Crippen molar-refractivity contribution in [3.05, 3.63) is 45.9 Å². The van der Waals surface area contributed by atoms with Gasteiger partial charge in [0.25, 0.3) is 0 Å². The van der Waals surface area contributed by atoms with Gasteiger partial charge in [-0.2, -0.15) is 0 Å². The van der Waals surface area contributed by atoms with Crippen LogP contribution in [-0.2, 0) is 17.8 Å². The average Bonchev–Trinajstić information content (AvgIpc) is 3.06. The monoisotopic (exact) mass is 468 g/mol. The molecule has 2 heterocycles. The van der Waals surface area contributed by atoms with E-state index < -0.39 is 0 Å². The van der Waals surface area contributed by atoms with E-state index in [2.05, 4.69) is 34.2 Å². The largest absolute Gasteiger partial charge is 0.399 e. The standard InChI is InChI=1S/C19H28N4OS.3ClH/c1-3-24-15(2)19-21-18(14-25-19)13-23-9-7-22(8-10-23)12-16-5-4-6-17(20)11-16;;;/h4-6,11,14-15H,3,7-10,12-13,20H2,1-2H3;3*1H. The number of halogens is 3. The summed E-state index contributed by atoms with van der Waals surface area (Å²) in [5, 5.41) is 3.25. The SMILES string of the molecule is CCOC(C)c1nc(CN2CCN(Cc3cccc(N)c3)CC2)cs1.Cl.Cl.Cl. The van der Waals surface area contributed by atoms with Crippen molar-refractivity contribution >= 4 is 54.2 Å². The topological polar surface area (TPSA) is 54.6 Å². The van der Waals surface area contributed by atoms with E-state index in [1.807, 2.05) is 19.1 Å². The number of nitrogens with zero attached hydrogens (tertiary/aromatic N) is 3. The van der Waals surface area contributed by atoms with Gasteiger partial charge < -0.3 is 10.5 Å². The van der Waals surface area contributed by atoms with Gasteiger partial charge in [0.05, 0.1) is 5.69 Å². The molecule has 160 valence electrons. The van der Waals surface area contributed by atoms with E-state index >= 15 is 0 Å². The number of aromatic nitrogens is 1. The maximum absolute atomic E-state index is 5.87. The number of hydrogen-bond acceptors (Lipinski definition) is 6. The maximum atomic E-state index is 5.87. The van der Waals surface area contributed by atoms with E-state index in [1.165, 1.54) is 5.56 Å². The number of ether oxygens (including phenoxy) is 1. The van der Waals surface area contributed by atoms with Gasteiger partial charge >= 0.3 is 0 Å². The van der Waals surface area contributed by atoms with Crippen molar-refractivity contribution in [3.8, 4) is 0 Å². The predicted molar refractivity (Wildman–Crippen MR) is 125 cm³/mol. The molecule has 0 radical (unpaired) electrons. The Kier molecular flexibility index (Phi) is 13.3. The van der Waals surface area contributed by atoms with Gasteiger partial charge in [0, 0.05) is 56.9 Å². The van der Waals surface area contributed by atoms with Gasteiger partial charge in [-0.3, -0.25) is 9.80 Å². The summed E-state index contributed by atoms with van der Waals surface area (Å²) in [5.41, 5.74) is 9.17. The molecule has 1 unspecified atom stereocenters. The second-order valence-corrected chi connectivity index (χ2v) is 7.46. The molecule has 5 nitrogen and oxygen atoms in total. The Morgan fingerprint density at radius 3 is 2.36 bits per heavy atom. The average molecular weight is 470 g/mol. The molecular weight excluding hydrogens is 439 g/mol. The number of rotatable bonds is 7. The highest BCUT2D eigenvalue weighted by Gasteiger charge is 2.19. The zero-order valence-electron chi connectivity index (χ0n) is 16.4. The third kappa shape index (κ3) is 8.03. The summed E-state index contributed by atoms with van der Waals surface area (Å²) in [6, 6.07) is 8.20. The second kappa shape index (κ2) is 13.6. The summed E-state index contributed by atoms with van der Waals surface area (Å²) in [4.78, 5) is 9.72. The predicted octanol–water partition coefficient (Wildman–Crippen LogP) is 4.41. The van der Waals surface area contributed by atoms with Crippen LogP contribution in [0, 0.1) is 0 Å². The molecule has 1 aromatic heterocycles. The fourth-order valence-electron chi connectivity index (χ4n) is 3.19. The number of nitrogen functional groups attached to an aromatic ring is 1. The molecule has 0 aliphatic carbocycles. The summed E-state index contributed by atoms with van der Waals surface area (Å²) >= 11 is 1.70. The molecule has 2 aromatic rings. The Labute approximate surface area is 190 Å². The molecule has 28 heavy (non-hydrogen) atoms. The first-order valence-corrected chi connectivity index (χ1v) is 9.87. The van der Waals surface area contributed by atoms with Gasteiger partial charge in [-0.25, -0.2) is 4.98 Å². The maximum Gasteiger partial charge on any atom is 0.122 e. The van der Waals surface area contributed by atoms with Crippen LogP contribution in [0.25, 0.3) is 0 Å². The Morgan fingerprint density at radius 2 is 1.75 bits per heavy atom. The number of anilines is 1. The van der Waals surface area contributed by atoms with Gasteiger partial charge in [0.2, 0.25) is 0 Å². The molecule has 3 rings (SSSR count). The molecule has 1 aliphatic rings. The molecule has 0 bridgehead atoms. The zero-order valence-corrected chi connectivity index (χ0v) is 19.6. The van der Waals surface area contributed by atoms with Crippen LogP contribution in [0.1, 0.15) is 36.2 Å². The van der Waals surface area contributed by atoms with E-state index in [1.54, 1.807) is 11.3 Å². The first-order chi connectivity index (χ1) is 12.1. The summed E-state index contributed by atoms with van der Waals surface area (Å²) in [5.74, 6) is 0. The summed E-state index contributed by atoms with van der Waals surface area (Å²) in [6.45, 7) is 11.1. The van der Waals surface area contributed by atoms with Crippen LogP contribution < -0.4 is 5.73 Å². The fourth-order valence-corrected chi connectivity index (χ4v) is 4.00. The smallest absolute Gasteiger partial charge is 0.122 e. The van der Waals surface area contributed by atoms with Gasteiger partial charge in [-0.15, -0.1) is 48.6 Å². The van der Waals surface area contributed by atoms with Crippen LogP contribution in [0.3, 0.4) is 0 Å². The number of hydrogen-bond donors (Lipinski definition) is 1. The Morgan fingerprint density at radius 1 is 1.11 bits per heavy atom. The van der Waals surface area contributed by atoms with E-state index in [0.29, 0.717) is 0 Å². The normalized spacial score (nSPS) is 15.8. The van der Waals surface area contributed by atoms with Crippen LogP contribution in [0.15, 0.2) is 29.6 Å². The Balaban J connectivity index is 0.00000243. The Hall–Kier alpha value is -0.600. The van der Waals surface area contributed by atoms with Gasteiger partial charge in [0.15, 0.2) is 0 Å². The van der Waals surface area contributed by atoms with Gasteiger partial charge in [-0.05, 0) is 31.5 Å². The first-order valence-electron chi connectivity index (χ1n) is 8.99. The number of thiazole rings is 1. The molecule has 1 aliphatic heterocycles. The molecule has 1 saturated heterocycles. The van der Waals surface area contributed by atoms with Crippen LogP contribution in [-0.4, -0.2) is 47.6 Å². The van der Waals surface area contributed by atoms with E-state index in [9.17, 15) is 0 Å². The molecule has 1 fully saturated rings. The minimum Gasteiger partial charge on any atom is -0.399 e. The van der Waals surface area contributed by atoms with Crippen LogP contribution >= 0.6 is 48.6 Å². The highest BCUT2D eigenvalue weighted by atomic mass is 35.5. The molecule has 0 saturated carbocycles. The molecule has 9 heteroatoms. The van der Waals surface area contributed by atoms with Crippen molar-refractivity contribution in [1.82, 2.24) is 14.8 Å². The summed E-state index contributed by atoms with van der Waals surface area (Å²) < 4.78 is 5.63. The van der Waals surface area contributed by atoms with Gasteiger partial charge in [-0.1, -0.05) is 12.1 Å². The summed E-state index contributed by atoms with van der Waals surface area (Å²) in [7, 11) is 0. The molecule has 0 spiro atoms. The minimum absolute atomic E-state index is 0. The van der Waals surface area contributed by atoms with Crippen molar-refractivity contribution in [3.63, 3.8) is 0 Å². The lowest BCUT2D eigenvalue weighted by Crippen LogP contribution is -2.45. The number of benzene rings is 1. The van der Waals surface area contributed by atoms with Crippen molar-refractivity contribution < 1.29 is 4.74 Å². The molecular formula is C19H31Cl3N4OS. The number of nitrogens with two attached hydrogens (primary N) is 1. The second-order valence-electron chi connectivity index (χ2n) is 6.57. The molecule has 1 aromatic carbocycles. The van der Waals surface area contributed by atoms with E-state index in [0.717, 1.165) is 62.3 Å². The molecule has 2 N–H and O–H groups in total. The molecule has 1 atom stereocenters. The first kappa shape index (κ1) is 27.4. The lowest BCUT2D eigenvalue weighted by molar-refractivity contribution is 0.0758. The lowest BCUT2D eigenvalue weighted by atomic mass is 10.1. The summed E-state index contributed by atoms with van der Waals surface area (Å²) in [6.07, 6.45) is 0.0962. The van der Waals surface area contributed by atoms with Crippen molar-refractivity contribution in [1.29, 1.82) is 0 Å². The van der Waals surface area contributed by atoms with Crippen molar-refractivity contribution in [2.45, 2.75) is 33.0 Å². The highest BCUT2D eigenvalue weighted by molar-refractivity contribution is 7.09. The third-order valence-electron chi connectivity index (χ3n) is 4.54. The third-order valence-corrected chi connectivity index (χ3v) is 5.60.